The maximum atomic E-state index is 11.5. The van der Waals surface area contributed by atoms with Gasteiger partial charge >= 0.3 is 5.97 Å². The predicted molar refractivity (Wildman–Crippen MR) is 200 cm³/mol. The van der Waals surface area contributed by atoms with Crippen LogP contribution in [0.25, 0.3) is 0 Å². The fourth-order valence-electron chi connectivity index (χ4n) is 6.02. The van der Waals surface area contributed by atoms with Crippen molar-refractivity contribution < 1.29 is 23.9 Å². The van der Waals surface area contributed by atoms with Crippen molar-refractivity contribution in [3.05, 3.63) is 0 Å². The number of rotatable bonds is 29. The highest BCUT2D eigenvalue weighted by Gasteiger charge is 2.42. The lowest BCUT2D eigenvalue weighted by Crippen LogP contribution is -2.46. The molecule has 1 saturated heterocycles. The molecule has 46 heavy (non-hydrogen) atoms. The number of aliphatic hydroxyl groups excluding tert-OH is 1. The van der Waals surface area contributed by atoms with Crippen LogP contribution in [0.15, 0.2) is 0 Å². The fourth-order valence-corrected chi connectivity index (χ4v) is 7.42. The second-order valence-corrected chi connectivity index (χ2v) is 20.5. The monoisotopic (exact) mass is 669 g/mol. The Kier molecular flexibility index (Phi) is 27.7. The summed E-state index contributed by atoms with van der Waals surface area (Å²) in [5.41, 5.74) is 0. The average Bonchev–Trinajstić information content (AvgIpc) is 2.99. The Hall–Kier alpha value is -0.723. The van der Waals surface area contributed by atoms with E-state index in [1.54, 1.807) is 0 Å². The Balaban J connectivity index is 0.000000880. The van der Waals surface area contributed by atoms with Gasteiger partial charge in [0.1, 0.15) is 12.4 Å². The van der Waals surface area contributed by atoms with E-state index in [1.807, 2.05) is 0 Å². The number of aldehydes is 1. The quantitative estimate of drug-likeness (QED) is 0.0372. The lowest BCUT2D eigenvalue weighted by molar-refractivity contribution is -0.188. The van der Waals surface area contributed by atoms with E-state index in [9.17, 15) is 14.7 Å². The highest BCUT2D eigenvalue weighted by Crippen LogP contribution is 2.38. The van der Waals surface area contributed by atoms with E-state index in [-0.39, 0.29) is 35.2 Å². The third kappa shape index (κ3) is 22.8. The molecule has 0 aliphatic carbocycles. The Morgan fingerprint density at radius 3 is 1.59 bits per heavy atom. The van der Waals surface area contributed by atoms with Crippen molar-refractivity contribution in [2.24, 2.45) is 5.92 Å². The molecule has 1 heterocycles. The number of unbranched alkanes of at least 4 members (excludes halogenated alkanes) is 17. The summed E-state index contributed by atoms with van der Waals surface area (Å²) in [4.78, 5) is 22.4. The molecule has 1 aliphatic rings. The van der Waals surface area contributed by atoms with Gasteiger partial charge in [-0.3, -0.25) is 4.79 Å². The zero-order valence-electron chi connectivity index (χ0n) is 32.1. The van der Waals surface area contributed by atoms with Crippen LogP contribution >= 0.6 is 0 Å². The first-order valence-electron chi connectivity index (χ1n) is 19.9. The molecule has 0 radical (unpaired) electrons. The van der Waals surface area contributed by atoms with Gasteiger partial charge in [0.2, 0.25) is 0 Å². The molecule has 0 saturated carbocycles. The minimum atomic E-state index is -1.76. The van der Waals surface area contributed by atoms with Crippen LogP contribution in [0.2, 0.25) is 18.1 Å². The zero-order chi connectivity index (χ0) is 34.7. The number of carbonyl (C=O) groups is 2. The van der Waals surface area contributed by atoms with Gasteiger partial charge in [-0.1, -0.05) is 170 Å². The lowest BCUT2D eigenvalue weighted by atomic mass is 9.87. The van der Waals surface area contributed by atoms with Crippen molar-refractivity contribution in [3.8, 4) is 0 Å². The molecular formula is C40H80O5Si. The summed E-state index contributed by atoms with van der Waals surface area (Å²) >= 11 is 0. The molecule has 0 bridgehead atoms. The fraction of sp³-hybridized carbons (Fsp3) is 0.950. The third-order valence-corrected chi connectivity index (χ3v) is 14.8. The van der Waals surface area contributed by atoms with Gasteiger partial charge in [0.05, 0.1) is 18.1 Å². The molecule has 4 atom stereocenters. The summed E-state index contributed by atoms with van der Waals surface area (Å²) in [6, 6.07) is 0. The summed E-state index contributed by atoms with van der Waals surface area (Å²) in [5, 5.41) is 10.3. The summed E-state index contributed by atoms with van der Waals surface area (Å²) in [7, 11) is -1.76. The Bertz CT molecular complexity index is 719. The first-order chi connectivity index (χ1) is 21.9. The summed E-state index contributed by atoms with van der Waals surface area (Å²) in [6.45, 7) is 18.0. The number of cyclic esters (lactones) is 1. The highest BCUT2D eigenvalue weighted by molar-refractivity contribution is 6.74. The van der Waals surface area contributed by atoms with Gasteiger partial charge in [0.15, 0.2) is 8.32 Å². The van der Waals surface area contributed by atoms with Gasteiger partial charge < -0.3 is 19.1 Å². The van der Waals surface area contributed by atoms with Crippen molar-refractivity contribution in [2.45, 2.75) is 239 Å². The van der Waals surface area contributed by atoms with E-state index in [2.05, 4.69) is 54.6 Å². The first-order valence-corrected chi connectivity index (χ1v) is 22.8. The molecule has 0 aromatic rings. The van der Waals surface area contributed by atoms with Crippen LogP contribution in [0, 0.1) is 5.92 Å². The normalized spacial score (nSPS) is 17.9. The number of carbonyl (C=O) groups excluding carboxylic acids is 2. The number of aliphatic hydroxyl groups is 1. The van der Waals surface area contributed by atoms with Gasteiger partial charge in [-0.05, 0) is 37.4 Å². The highest BCUT2D eigenvalue weighted by atomic mass is 28.4. The molecule has 1 rings (SSSR count). The smallest absolute Gasteiger partial charge is 0.313 e. The summed E-state index contributed by atoms with van der Waals surface area (Å²) in [6.07, 6.45) is 30.9. The van der Waals surface area contributed by atoms with Crippen LogP contribution in [0.5, 0.6) is 0 Å². The molecule has 1 N–H and O–H groups in total. The second-order valence-electron chi connectivity index (χ2n) is 15.8. The molecule has 0 spiro atoms. The van der Waals surface area contributed by atoms with Crippen molar-refractivity contribution in [1.82, 2.24) is 0 Å². The predicted octanol–water partition coefficient (Wildman–Crippen LogP) is 12.3. The van der Waals surface area contributed by atoms with Crippen LogP contribution in [-0.4, -0.2) is 44.0 Å². The Labute approximate surface area is 288 Å². The van der Waals surface area contributed by atoms with Crippen LogP contribution in [0.1, 0.15) is 202 Å². The minimum absolute atomic E-state index is 0.0254. The van der Waals surface area contributed by atoms with Crippen LogP contribution in [0.4, 0.5) is 0 Å². The van der Waals surface area contributed by atoms with E-state index in [0.717, 1.165) is 44.8 Å². The van der Waals surface area contributed by atoms with E-state index in [4.69, 9.17) is 9.16 Å². The second kappa shape index (κ2) is 28.1. The van der Waals surface area contributed by atoms with E-state index in [1.165, 1.54) is 109 Å². The summed E-state index contributed by atoms with van der Waals surface area (Å²) in [5.74, 6) is -0.00792. The molecule has 0 aromatic carbocycles. The first kappa shape index (κ1) is 45.3. The molecule has 5 nitrogen and oxygen atoms in total. The van der Waals surface area contributed by atoms with Gasteiger partial charge in [-0.15, -0.1) is 0 Å². The van der Waals surface area contributed by atoms with Crippen LogP contribution < -0.4 is 0 Å². The van der Waals surface area contributed by atoms with Crippen LogP contribution in [-0.2, 0) is 18.8 Å². The molecule has 6 heteroatoms. The van der Waals surface area contributed by atoms with Crippen LogP contribution in [0.3, 0.4) is 0 Å². The van der Waals surface area contributed by atoms with Gasteiger partial charge in [-0.2, -0.15) is 0 Å². The topological polar surface area (TPSA) is 72.8 Å². The minimum Gasteiger partial charge on any atom is -0.461 e. The standard InChI is InChI=1S/C20H38O3.C20H42O2Si/c1-3-5-7-8-9-10-11-12-13-14-17(21)16-19-18(15-6-4-2)20(22)23-19;1-7-8-9-10-11-12-13-14-15-16-19(17-18-21)22-23(5,6)20(2,3)4/h17-19,21H,3-16H2,1-2H3;18-19H,7-17H2,1-6H3/t17-,18+,19+;19-/m10/s1. The van der Waals surface area contributed by atoms with Gasteiger partial charge in [0, 0.05) is 12.8 Å². The van der Waals surface area contributed by atoms with Crippen molar-refractivity contribution >= 4 is 20.6 Å². The molecular weight excluding hydrogens is 589 g/mol. The molecule has 274 valence electrons. The number of hydrogen-bond donors (Lipinski definition) is 1. The van der Waals surface area contributed by atoms with Crippen molar-refractivity contribution in [2.75, 3.05) is 0 Å². The van der Waals surface area contributed by atoms with Gasteiger partial charge in [-0.25, -0.2) is 0 Å². The van der Waals surface area contributed by atoms with Gasteiger partial charge in [0.25, 0.3) is 0 Å². The molecule has 1 fully saturated rings. The molecule has 0 aromatic heterocycles. The van der Waals surface area contributed by atoms with E-state index in [0.29, 0.717) is 12.8 Å². The molecule has 0 amide bonds. The Morgan fingerprint density at radius 1 is 0.739 bits per heavy atom. The SMILES string of the molecule is CCCCCCCCCCC[C@@H](CC=O)O[Si](C)(C)C(C)(C)C.CCCCCCCCCCC[C@@H](O)C[C@@H]1OC(=O)[C@H]1CCCC. The lowest BCUT2D eigenvalue weighted by Gasteiger charge is -2.39. The van der Waals surface area contributed by atoms with E-state index < -0.39 is 8.32 Å². The number of ether oxygens (including phenoxy) is 1. The van der Waals surface area contributed by atoms with Crippen molar-refractivity contribution in [3.63, 3.8) is 0 Å². The summed E-state index contributed by atoms with van der Waals surface area (Å²) < 4.78 is 11.6. The van der Waals surface area contributed by atoms with E-state index >= 15 is 0 Å². The number of hydrogen-bond acceptors (Lipinski definition) is 5. The molecule has 1 aliphatic heterocycles. The third-order valence-electron chi connectivity index (χ3n) is 10.3. The van der Waals surface area contributed by atoms with Crippen molar-refractivity contribution in [1.29, 1.82) is 0 Å². The largest absolute Gasteiger partial charge is 0.461 e. The maximum Gasteiger partial charge on any atom is 0.313 e. The Morgan fingerprint density at radius 2 is 1.17 bits per heavy atom. The number of esters is 1. The molecule has 0 unspecified atom stereocenters. The average molecular weight is 669 g/mol. The zero-order valence-corrected chi connectivity index (χ0v) is 33.1. The maximum absolute atomic E-state index is 11.5.